The van der Waals surface area contributed by atoms with E-state index < -0.39 is 0 Å². The van der Waals surface area contributed by atoms with Gasteiger partial charge in [-0.2, -0.15) is 0 Å². The van der Waals surface area contributed by atoms with E-state index in [2.05, 4.69) is 60.7 Å². The van der Waals surface area contributed by atoms with E-state index in [1.165, 1.54) is 48.0 Å². The van der Waals surface area contributed by atoms with Gasteiger partial charge in [0.05, 0.1) is 5.69 Å². The quantitative estimate of drug-likeness (QED) is 0.208. The molecule has 0 amide bonds. The van der Waals surface area contributed by atoms with Crippen molar-refractivity contribution < 1.29 is 0 Å². The second kappa shape index (κ2) is 10.0. The van der Waals surface area contributed by atoms with Gasteiger partial charge in [-0.05, 0) is 34.4 Å². The van der Waals surface area contributed by atoms with Gasteiger partial charge in [-0.3, -0.25) is 4.98 Å². The average Bonchev–Trinajstić information content (AvgIpc) is 3.68. The number of rotatable bonds is 4. The zero-order valence-corrected chi connectivity index (χ0v) is 24.4. The molecule has 9 rings (SSSR count). The summed E-state index contributed by atoms with van der Waals surface area (Å²) in [6.07, 6.45) is 2.79. The van der Waals surface area contributed by atoms with Crippen molar-refractivity contribution in [1.82, 2.24) is 19.9 Å². The van der Waals surface area contributed by atoms with E-state index in [0.717, 1.165) is 28.8 Å². The molecule has 0 N–H and O–H groups in total. The first-order valence-corrected chi connectivity index (χ1v) is 15.5. The third-order valence-corrected chi connectivity index (χ3v) is 9.73. The molecule has 3 aromatic heterocycles. The Kier molecular flexibility index (Phi) is 5.71. The van der Waals surface area contributed by atoms with Crippen molar-refractivity contribution in [3.8, 4) is 56.5 Å². The third kappa shape index (κ3) is 3.98. The van der Waals surface area contributed by atoms with Gasteiger partial charge >= 0.3 is 0 Å². The van der Waals surface area contributed by atoms with E-state index in [9.17, 15) is 0 Å². The SMILES string of the molecule is c1ccc(-c2nc(-c3ccccc3)nc(-c3cccc4c3sc3c(-c5cccc6c5Cc5cccnc5-6)cccc34)n2)cc1. The Balaban J connectivity index is 1.26. The van der Waals surface area contributed by atoms with Gasteiger partial charge in [0, 0.05) is 55.0 Å². The highest BCUT2D eigenvalue weighted by molar-refractivity contribution is 7.26. The molecule has 206 valence electrons. The van der Waals surface area contributed by atoms with Crippen LogP contribution in [0.3, 0.4) is 0 Å². The van der Waals surface area contributed by atoms with Gasteiger partial charge in [0.1, 0.15) is 0 Å². The van der Waals surface area contributed by atoms with Crippen LogP contribution in [0, 0.1) is 0 Å². The molecule has 0 saturated carbocycles. The predicted molar refractivity (Wildman–Crippen MR) is 180 cm³/mol. The molecule has 0 fully saturated rings. The molecule has 5 aromatic carbocycles. The first-order valence-electron chi connectivity index (χ1n) is 14.7. The first-order chi connectivity index (χ1) is 21.8. The molecule has 0 radical (unpaired) electrons. The number of benzene rings is 5. The Morgan fingerprint density at radius 2 is 1.02 bits per heavy atom. The number of hydrogen-bond donors (Lipinski definition) is 0. The van der Waals surface area contributed by atoms with Gasteiger partial charge in [-0.25, -0.2) is 15.0 Å². The van der Waals surface area contributed by atoms with Crippen molar-refractivity contribution in [3.05, 3.63) is 145 Å². The summed E-state index contributed by atoms with van der Waals surface area (Å²) in [4.78, 5) is 19.7. The zero-order valence-electron chi connectivity index (χ0n) is 23.6. The Hall–Kier alpha value is -5.52. The second-order valence-corrected chi connectivity index (χ2v) is 12.0. The van der Waals surface area contributed by atoms with Gasteiger partial charge in [-0.1, -0.05) is 115 Å². The molecule has 1 aliphatic carbocycles. The van der Waals surface area contributed by atoms with Crippen LogP contribution in [0.25, 0.3) is 76.7 Å². The summed E-state index contributed by atoms with van der Waals surface area (Å²) in [6.45, 7) is 0. The minimum Gasteiger partial charge on any atom is -0.256 e. The highest BCUT2D eigenvalue weighted by atomic mass is 32.1. The molecular formula is C39H24N4S. The van der Waals surface area contributed by atoms with Crippen molar-refractivity contribution in [2.75, 3.05) is 0 Å². The highest BCUT2D eigenvalue weighted by Gasteiger charge is 2.24. The van der Waals surface area contributed by atoms with Crippen LogP contribution >= 0.6 is 11.3 Å². The van der Waals surface area contributed by atoms with Crippen LogP contribution in [0.2, 0.25) is 0 Å². The average molecular weight is 581 g/mol. The minimum absolute atomic E-state index is 0.668. The number of fused-ring (bicyclic) bond motifs is 6. The van der Waals surface area contributed by atoms with Gasteiger partial charge in [-0.15, -0.1) is 11.3 Å². The normalized spacial score (nSPS) is 12.0. The Morgan fingerprint density at radius 1 is 0.455 bits per heavy atom. The van der Waals surface area contributed by atoms with Crippen molar-refractivity contribution in [2.45, 2.75) is 6.42 Å². The zero-order chi connectivity index (χ0) is 29.0. The summed E-state index contributed by atoms with van der Waals surface area (Å²) in [6, 6.07) is 44.3. The molecule has 0 atom stereocenters. The largest absolute Gasteiger partial charge is 0.256 e. The van der Waals surface area contributed by atoms with Gasteiger partial charge < -0.3 is 0 Å². The van der Waals surface area contributed by atoms with E-state index in [1.807, 2.05) is 84.3 Å². The maximum Gasteiger partial charge on any atom is 0.165 e. The van der Waals surface area contributed by atoms with Crippen molar-refractivity contribution in [1.29, 1.82) is 0 Å². The molecule has 44 heavy (non-hydrogen) atoms. The van der Waals surface area contributed by atoms with Crippen LogP contribution in [-0.2, 0) is 6.42 Å². The van der Waals surface area contributed by atoms with Crippen LogP contribution in [0.15, 0.2) is 134 Å². The maximum absolute atomic E-state index is 5.05. The summed E-state index contributed by atoms with van der Waals surface area (Å²) < 4.78 is 2.45. The monoisotopic (exact) mass is 580 g/mol. The van der Waals surface area contributed by atoms with Crippen molar-refractivity contribution in [2.24, 2.45) is 0 Å². The summed E-state index contributed by atoms with van der Waals surface area (Å²) in [5.41, 5.74) is 10.5. The topological polar surface area (TPSA) is 51.6 Å². The van der Waals surface area contributed by atoms with E-state index >= 15 is 0 Å². The number of aromatic nitrogens is 4. The fourth-order valence-electron chi connectivity index (χ4n) is 6.40. The van der Waals surface area contributed by atoms with Gasteiger partial charge in [0.25, 0.3) is 0 Å². The lowest BCUT2D eigenvalue weighted by molar-refractivity contribution is 1.08. The molecule has 0 bridgehead atoms. The highest BCUT2D eigenvalue weighted by Crippen LogP contribution is 2.46. The molecule has 0 aliphatic heterocycles. The van der Waals surface area contributed by atoms with Gasteiger partial charge in [0.15, 0.2) is 17.5 Å². The fourth-order valence-corrected chi connectivity index (χ4v) is 7.74. The summed E-state index contributed by atoms with van der Waals surface area (Å²) in [5, 5.41) is 2.46. The summed E-state index contributed by atoms with van der Waals surface area (Å²) in [5.74, 6) is 2.01. The number of thiophene rings is 1. The molecule has 3 heterocycles. The molecule has 1 aliphatic rings. The predicted octanol–water partition coefficient (Wildman–Crippen LogP) is 9.87. The first kappa shape index (κ1) is 25.0. The van der Waals surface area contributed by atoms with E-state index in [-0.39, 0.29) is 0 Å². The number of hydrogen-bond acceptors (Lipinski definition) is 5. The van der Waals surface area contributed by atoms with E-state index in [1.54, 1.807) is 0 Å². The van der Waals surface area contributed by atoms with Gasteiger partial charge in [0.2, 0.25) is 0 Å². The molecular weight excluding hydrogens is 557 g/mol. The number of nitrogens with zero attached hydrogens (tertiary/aromatic N) is 4. The molecule has 5 heteroatoms. The standard InChI is InChI=1S/C39H24N4S/c1-3-11-24(12-4-1)37-41-38(25-13-5-2-6-14-25)43-39(42-37)32-21-9-20-31-30-19-8-18-29(35(30)44-36(31)32)27-16-7-17-28-33(27)23-26-15-10-22-40-34(26)28/h1-22H,23H2. The Bertz CT molecular complexity index is 2300. The summed E-state index contributed by atoms with van der Waals surface area (Å²) in [7, 11) is 0. The van der Waals surface area contributed by atoms with Crippen molar-refractivity contribution >= 4 is 31.5 Å². The van der Waals surface area contributed by atoms with Crippen LogP contribution in [-0.4, -0.2) is 19.9 Å². The van der Waals surface area contributed by atoms with Crippen LogP contribution in [0.4, 0.5) is 0 Å². The Morgan fingerprint density at radius 3 is 1.73 bits per heavy atom. The fraction of sp³-hybridized carbons (Fsp3) is 0.0256. The molecule has 4 nitrogen and oxygen atoms in total. The lowest BCUT2D eigenvalue weighted by atomic mass is 9.95. The third-order valence-electron chi connectivity index (χ3n) is 8.44. The minimum atomic E-state index is 0.668. The number of pyridine rings is 1. The summed E-state index contributed by atoms with van der Waals surface area (Å²) >= 11 is 1.82. The Labute approximate surface area is 258 Å². The van der Waals surface area contributed by atoms with Crippen LogP contribution < -0.4 is 0 Å². The lowest BCUT2D eigenvalue weighted by Crippen LogP contribution is -2.00. The second-order valence-electron chi connectivity index (χ2n) is 11.0. The van der Waals surface area contributed by atoms with Crippen molar-refractivity contribution in [3.63, 3.8) is 0 Å². The van der Waals surface area contributed by atoms with E-state index in [0.29, 0.717) is 17.5 Å². The van der Waals surface area contributed by atoms with E-state index in [4.69, 9.17) is 19.9 Å². The lowest BCUT2D eigenvalue weighted by Gasteiger charge is -2.10. The molecule has 0 saturated heterocycles. The van der Waals surface area contributed by atoms with Crippen LogP contribution in [0.5, 0.6) is 0 Å². The maximum atomic E-state index is 5.05. The molecule has 0 spiro atoms. The molecule has 0 unspecified atom stereocenters. The van der Waals surface area contributed by atoms with Crippen LogP contribution in [0.1, 0.15) is 11.1 Å². The molecule has 8 aromatic rings. The smallest absolute Gasteiger partial charge is 0.165 e.